The third kappa shape index (κ3) is 5.68. The maximum atomic E-state index is 15.2. The zero-order valence-electron chi connectivity index (χ0n) is 15.9. The number of rotatable bonds is 6. The first kappa shape index (κ1) is 21.5. The lowest BCUT2D eigenvalue weighted by Gasteiger charge is -2.37. The van der Waals surface area contributed by atoms with Gasteiger partial charge in [0.2, 0.25) is 10.0 Å². The molecule has 1 aliphatic carbocycles. The Kier molecular flexibility index (Phi) is 6.69. The maximum Gasteiger partial charge on any atom is 0.209 e. The van der Waals surface area contributed by atoms with E-state index in [9.17, 15) is 17.2 Å². The van der Waals surface area contributed by atoms with Crippen LogP contribution in [0.5, 0.6) is 0 Å². The van der Waals surface area contributed by atoms with Crippen LogP contribution >= 0.6 is 0 Å². The van der Waals surface area contributed by atoms with Crippen LogP contribution in [-0.4, -0.2) is 46.0 Å². The van der Waals surface area contributed by atoms with Crippen molar-refractivity contribution in [2.45, 2.75) is 62.4 Å². The fraction of sp³-hybridized carbons (Fsp3) is 0.684. The predicted octanol–water partition coefficient (Wildman–Crippen LogP) is 2.76. The summed E-state index contributed by atoms with van der Waals surface area (Å²) in [7, 11) is -3.31. The maximum absolute atomic E-state index is 15.2. The first-order chi connectivity index (χ1) is 13.1. The SMILES string of the molecule is CS(=O)(=O)NC1CCCNC1COC1CCC(F)(c2cc(F)cc(F)c2)CC1. The summed E-state index contributed by atoms with van der Waals surface area (Å²) in [4.78, 5) is 0. The van der Waals surface area contributed by atoms with Crippen molar-refractivity contribution in [3.8, 4) is 0 Å². The molecule has 0 amide bonds. The van der Waals surface area contributed by atoms with Gasteiger partial charge in [-0.05, 0) is 62.8 Å². The fourth-order valence-electron chi connectivity index (χ4n) is 4.10. The van der Waals surface area contributed by atoms with E-state index in [0.717, 1.165) is 43.8 Å². The van der Waals surface area contributed by atoms with E-state index in [2.05, 4.69) is 10.0 Å². The zero-order valence-corrected chi connectivity index (χ0v) is 16.7. The van der Waals surface area contributed by atoms with Crippen molar-refractivity contribution in [2.75, 3.05) is 19.4 Å². The lowest BCUT2D eigenvalue weighted by molar-refractivity contribution is -0.0294. The molecule has 2 aliphatic rings. The van der Waals surface area contributed by atoms with Crippen LogP contribution in [0.4, 0.5) is 13.2 Å². The van der Waals surface area contributed by atoms with E-state index in [1.807, 2.05) is 0 Å². The normalized spacial score (nSPS) is 31.6. The number of piperidine rings is 1. The Labute approximate surface area is 164 Å². The van der Waals surface area contributed by atoms with Gasteiger partial charge < -0.3 is 10.1 Å². The average Bonchev–Trinajstić information content (AvgIpc) is 2.60. The van der Waals surface area contributed by atoms with Gasteiger partial charge in [0.05, 0.1) is 19.0 Å². The molecular weight excluding hydrogens is 393 g/mol. The quantitative estimate of drug-likeness (QED) is 0.743. The Morgan fingerprint density at radius 2 is 1.82 bits per heavy atom. The molecule has 2 N–H and O–H groups in total. The molecular formula is C19H27F3N2O3S. The summed E-state index contributed by atoms with van der Waals surface area (Å²) in [5.41, 5.74) is -1.72. The van der Waals surface area contributed by atoms with Crippen molar-refractivity contribution >= 4 is 10.0 Å². The predicted molar refractivity (Wildman–Crippen MR) is 100 cm³/mol. The molecule has 1 heterocycles. The summed E-state index contributed by atoms with van der Waals surface area (Å²) in [5.74, 6) is -1.56. The minimum atomic E-state index is -3.31. The van der Waals surface area contributed by atoms with Gasteiger partial charge in [0.1, 0.15) is 17.3 Å². The number of alkyl halides is 1. The van der Waals surface area contributed by atoms with Gasteiger partial charge in [-0.15, -0.1) is 0 Å². The number of benzene rings is 1. The highest BCUT2D eigenvalue weighted by molar-refractivity contribution is 7.88. The highest BCUT2D eigenvalue weighted by atomic mass is 32.2. The molecule has 0 radical (unpaired) electrons. The highest BCUT2D eigenvalue weighted by Gasteiger charge is 2.38. The van der Waals surface area contributed by atoms with Gasteiger partial charge in [-0.25, -0.2) is 26.3 Å². The van der Waals surface area contributed by atoms with Crippen LogP contribution in [0.2, 0.25) is 0 Å². The van der Waals surface area contributed by atoms with Gasteiger partial charge in [-0.3, -0.25) is 0 Å². The monoisotopic (exact) mass is 420 g/mol. The van der Waals surface area contributed by atoms with Gasteiger partial charge in [0, 0.05) is 18.2 Å². The largest absolute Gasteiger partial charge is 0.377 e. The minimum absolute atomic E-state index is 0.0369. The summed E-state index contributed by atoms with van der Waals surface area (Å²) in [5, 5.41) is 3.28. The summed E-state index contributed by atoms with van der Waals surface area (Å²) in [6, 6.07) is 2.47. The molecule has 28 heavy (non-hydrogen) atoms. The number of ether oxygens (including phenoxy) is 1. The number of halogens is 3. The van der Waals surface area contributed by atoms with Crippen LogP contribution in [0.25, 0.3) is 0 Å². The van der Waals surface area contributed by atoms with Crippen molar-refractivity contribution in [2.24, 2.45) is 0 Å². The molecule has 1 aliphatic heterocycles. The van der Waals surface area contributed by atoms with Crippen LogP contribution in [-0.2, 0) is 20.4 Å². The fourth-order valence-corrected chi connectivity index (χ4v) is 4.93. The van der Waals surface area contributed by atoms with E-state index in [-0.39, 0.29) is 36.6 Å². The molecule has 5 nitrogen and oxygen atoms in total. The number of hydrogen-bond donors (Lipinski definition) is 2. The molecule has 2 unspecified atom stereocenters. The Hall–Kier alpha value is -1.16. The van der Waals surface area contributed by atoms with Crippen LogP contribution in [0.1, 0.15) is 44.1 Å². The second-order valence-corrected chi connectivity index (χ2v) is 9.64. The highest BCUT2D eigenvalue weighted by Crippen LogP contribution is 2.42. The van der Waals surface area contributed by atoms with Gasteiger partial charge in [-0.1, -0.05) is 0 Å². The Balaban J connectivity index is 1.53. The van der Waals surface area contributed by atoms with E-state index in [4.69, 9.17) is 4.74 Å². The van der Waals surface area contributed by atoms with Crippen LogP contribution in [0, 0.1) is 11.6 Å². The van der Waals surface area contributed by atoms with Crippen molar-refractivity contribution < 1.29 is 26.3 Å². The minimum Gasteiger partial charge on any atom is -0.377 e. The first-order valence-corrected chi connectivity index (χ1v) is 11.5. The van der Waals surface area contributed by atoms with Crippen LogP contribution in [0.3, 0.4) is 0 Å². The second kappa shape index (κ2) is 8.69. The molecule has 1 saturated heterocycles. The second-order valence-electron chi connectivity index (χ2n) is 7.86. The van der Waals surface area contributed by atoms with Crippen molar-refractivity contribution in [3.63, 3.8) is 0 Å². The van der Waals surface area contributed by atoms with Gasteiger partial charge in [-0.2, -0.15) is 0 Å². The molecule has 2 fully saturated rings. The third-order valence-electron chi connectivity index (χ3n) is 5.57. The van der Waals surface area contributed by atoms with Gasteiger partial charge >= 0.3 is 0 Å². The van der Waals surface area contributed by atoms with E-state index >= 15 is 4.39 Å². The zero-order chi connectivity index (χ0) is 20.4. The van der Waals surface area contributed by atoms with Gasteiger partial charge in [0.25, 0.3) is 0 Å². The molecule has 2 atom stereocenters. The molecule has 9 heteroatoms. The number of nitrogens with one attached hydrogen (secondary N) is 2. The molecule has 158 valence electrons. The van der Waals surface area contributed by atoms with Crippen molar-refractivity contribution in [1.29, 1.82) is 0 Å². The van der Waals surface area contributed by atoms with Gasteiger partial charge in [0.15, 0.2) is 0 Å². The number of hydrogen-bond acceptors (Lipinski definition) is 4. The lowest BCUT2D eigenvalue weighted by atomic mass is 9.80. The molecule has 0 spiro atoms. The Bertz CT molecular complexity index is 762. The van der Waals surface area contributed by atoms with Crippen LogP contribution < -0.4 is 10.0 Å². The average molecular weight is 420 g/mol. The Morgan fingerprint density at radius 3 is 2.43 bits per heavy atom. The molecule has 0 aromatic heterocycles. The summed E-state index contributed by atoms with van der Waals surface area (Å²) in [6.45, 7) is 1.12. The van der Waals surface area contributed by atoms with Crippen molar-refractivity contribution in [3.05, 3.63) is 35.4 Å². The Morgan fingerprint density at radius 1 is 1.18 bits per heavy atom. The van der Waals surface area contributed by atoms with E-state index in [1.54, 1.807) is 0 Å². The van der Waals surface area contributed by atoms with E-state index in [0.29, 0.717) is 19.4 Å². The first-order valence-electron chi connectivity index (χ1n) is 9.62. The van der Waals surface area contributed by atoms with Crippen molar-refractivity contribution in [1.82, 2.24) is 10.0 Å². The standard InChI is InChI=1S/C19H27F3N2O3S/c1-28(25,26)24-17-3-2-8-23-18(17)12-27-16-4-6-19(22,7-5-16)13-9-14(20)11-15(21)10-13/h9-11,16-18,23-24H,2-8,12H2,1H3. The molecule has 0 bridgehead atoms. The van der Waals surface area contributed by atoms with E-state index in [1.165, 1.54) is 0 Å². The molecule has 3 rings (SSSR count). The lowest BCUT2D eigenvalue weighted by Crippen LogP contribution is -2.55. The topological polar surface area (TPSA) is 67.4 Å². The summed E-state index contributed by atoms with van der Waals surface area (Å²) < 4.78 is 73.7. The van der Waals surface area contributed by atoms with Crippen LogP contribution in [0.15, 0.2) is 18.2 Å². The number of sulfonamides is 1. The van der Waals surface area contributed by atoms with E-state index < -0.39 is 27.3 Å². The smallest absolute Gasteiger partial charge is 0.209 e. The third-order valence-corrected chi connectivity index (χ3v) is 6.30. The summed E-state index contributed by atoms with van der Waals surface area (Å²) in [6.07, 6.45) is 3.71. The summed E-state index contributed by atoms with van der Waals surface area (Å²) >= 11 is 0. The molecule has 1 saturated carbocycles. The molecule has 1 aromatic carbocycles. The molecule has 1 aromatic rings.